The van der Waals surface area contributed by atoms with E-state index in [1.54, 1.807) is 0 Å². The first-order chi connectivity index (χ1) is 9.97. The van der Waals surface area contributed by atoms with Gasteiger partial charge < -0.3 is 5.73 Å². The zero-order chi connectivity index (χ0) is 15.1. The van der Waals surface area contributed by atoms with E-state index < -0.39 is 0 Å². The number of nitrogens with two attached hydrogens (primary N) is 1. The fourth-order valence-electron chi connectivity index (χ4n) is 2.37. The summed E-state index contributed by atoms with van der Waals surface area (Å²) >= 11 is 1.41. The second-order valence-corrected chi connectivity index (χ2v) is 6.61. The van der Waals surface area contributed by atoms with Crippen LogP contribution in [-0.4, -0.2) is 15.2 Å². The summed E-state index contributed by atoms with van der Waals surface area (Å²) in [6, 6.07) is 6.35. The molecule has 108 valence electrons. The molecule has 0 unspecified atom stereocenters. The number of hydrogen-bond acceptors (Lipinski definition) is 5. The van der Waals surface area contributed by atoms with E-state index in [-0.39, 0.29) is 0 Å². The Morgan fingerprint density at radius 2 is 1.90 bits per heavy atom. The summed E-state index contributed by atoms with van der Waals surface area (Å²) in [7, 11) is 0. The predicted molar refractivity (Wildman–Crippen MR) is 88.6 cm³/mol. The molecule has 0 bridgehead atoms. The Balaban J connectivity index is 2.39. The van der Waals surface area contributed by atoms with Crippen LogP contribution in [0.3, 0.4) is 0 Å². The van der Waals surface area contributed by atoms with Crippen LogP contribution in [0.25, 0.3) is 21.5 Å². The molecule has 3 aromatic rings. The molecule has 0 atom stereocenters. The smallest absolute Gasteiger partial charge is 0.203 e. The lowest BCUT2D eigenvalue weighted by atomic mass is 9.99. The Hall–Kier alpha value is -2.01. The Bertz CT molecular complexity index is 821. The highest BCUT2D eigenvalue weighted by atomic mass is 32.1. The van der Waals surface area contributed by atoms with Gasteiger partial charge in [-0.2, -0.15) is 0 Å². The van der Waals surface area contributed by atoms with Crippen LogP contribution in [0, 0.1) is 13.8 Å². The number of aromatic nitrogens is 3. The van der Waals surface area contributed by atoms with Crippen molar-refractivity contribution in [2.24, 2.45) is 0 Å². The van der Waals surface area contributed by atoms with Crippen molar-refractivity contribution >= 4 is 27.4 Å². The molecule has 0 fully saturated rings. The summed E-state index contributed by atoms with van der Waals surface area (Å²) in [4.78, 5) is 4.85. The lowest BCUT2D eigenvalue weighted by Gasteiger charge is -2.13. The van der Waals surface area contributed by atoms with Gasteiger partial charge in [0, 0.05) is 16.6 Å². The first kappa shape index (κ1) is 13.9. The van der Waals surface area contributed by atoms with Crippen LogP contribution in [0.5, 0.6) is 0 Å². The highest BCUT2D eigenvalue weighted by Gasteiger charge is 2.15. The second kappa shape index (κ2) is 5.07. The molecule has 2 aromatic heterocycles. The van der Waals surface area contributed by atoms with E-state index in [1.165, 1.54) is 22.5 Å². The molecule has 0 saturated carbocycles. The molecule has 0 spiro atoms. The van der Waals surface area contributed by atoms with Crippen molar-refractivity contribution in [1.29, 1.82) is 0 Å². The highest BCUT2D eigenvalue weighted by molar-refractivity contribution is 7.18. The number of anilines is 1. The van der Waals surface area contributed by atoms with Crippen LogP contribution < -0.4 is 5.73 Å². The molecular formula is C16H18N4S. The van der Waals surface area contributed by atoms with E-state index in [0.717, 1.165) is 27.2 Å². The zero-order valence-corrected chi connectivity index (χ0v) is 13.5. The van der Waals surface area contributed by atoms with Gasteiger partial charge in [-0.25, -0.2) is 0 Å². The van der Waals surface area contributed by atoms with Crippen molar-refractivity contribution in [1.82, 2.24) is 15.2 Å². The standard InChI is InChI=1S/C16H18N4S/c1-8(2)13-7-12(15-19-20-16(17)21-15)11-6-5-9(3)10(4)14(11)18-13/h5-8H,1-4H3,(H2,17,20). The molecule has 21 heavy (non-hydrogen) atoms. The molecule has 5 heteroatoms. The van der Waals surface area contributed by atoms with Gasteiger partial charge in [0.2, 0.25) is 5.13 Å². The van der Waals surface area contributed by atoms with Crippen LogP contribution in [0.15, 0.2) is 18.2 Å². The quantitative estimate of drug-likeness (QED) is 0.774. The molecule has 0 aliphatic heterocycles. The largest absolute Gasteiger partial charge is 0.374 e. The fourth-order valence-corrected chi connectivity index (χ4v) is 3.01. The molecule has 2 N–H and O–H groups in total. The van der Waals surface area contributed by atoms with Gasteiger partial charge in [0.1, 0.15) is 5.01 Å². The number of nitrogens with zero attached hydrogens (tertiary/aromatic N) is 3. The van der Waals surface area contributed by atoms with Gasteiger partial charge in [-0.15, -0.1) is 10.2 Å². The van der Waals surface area contributed by atoms with E-state index >= 15 is 0 Å². The Morgan fingerprint density at radius 1 is 1.14 bits per heavy atom. The average Bonchev–Trinajstić information content (AvgIpc) is 2.88. The number of aryl methyl sites for hydroxylation is 2. The maximum atomic E-state index is 5.74. The van der Waals surface area contributed by atoms with E-state index in [0.29, 0.717) is 11.0 Å². The van der Waals surface area contributed by atoms with Gasteiger partial charge in [0.15, 0.2) is 0 Å². The van der Waals surface area contributed by atoms with Crippen molar-refractivity contribution in [2.45, 2.75) is 33.6 Å². The summed E-state index contributed by atoms with van der Waals surface area (Å²) < 4.78 is 0. The van der Waals surface area contributed by atoms with Gasteiger partial charge in [-0.3, -0.25) is 4.98 Å². The molecule has 0 aliphatic rings. The first-order valence-electron chi connectivity index (χ1n) is 6.97. The molecule has 0 radical (unpaired) electrons. The third-order valence-electron chi connectivity index (χ3n) is 3.79. The number of pyridine rings is 1. The Morgan fingerprint density at radius 3 is 2.52 bits per heavy atom. The van der Waals surface area contributed by atoms with Crippen molar-refractivity contribution in [3.8, 4) is 10.6 Å². The van der Waals surface area contributed by atoms with Crippen molar-refractivity contribution in [3.63, 3.8) is 0 Å². The van der Waals surface area contributed by atoms with Crippen molar-refractivity contribution < 1.29 is 0 Å². The molecule has 3 rings (SSSR count). The summed E-state index contributed by atoms with van der Waals surface area (Å²) in [6.07, 6.45) is 0. The second-order valence-electron chi connectivity index (χ2n) is 5.60. The molecule has 2 heterocycles. The summed E-state index contributed by atoms with van der Waals surface area (Å²) in [5.41, 5.74) is 11.4. The Labute approximate surface area is 128 Å². The average molecular weight is 298 g/mol. The summed E-state index contributed by atoms with van der Waals surface area (Å²) in [5, 5.41) is 10.6. The van der Waals surface area contributed by atoms with E-state index in [1.807, 2.05) is 0 Å². The highest BCUT2D eigenvalue weighted by Crippen LogP contribution is 2.34. The topological polar surface area (TPSA) is 64.7 Å². The molecule has 0 saturated heterocycles. The Kier molecular flexibility index (Phi) is 3.37. The molecular weight excluding hydrogens is 280 g/mol. The maximum Gasteiger partial charge on any atom is 0.203 e. The summed E-state index contributed by atoms with van der Waals surface area (Å²) in [6.45, 7) is 8.53. The number of fused-ring (bicyclic) bond motifs is 1. The number of benzene rings is 1. The van der Waals surface area contributed by atoms with Gasteiger partial charge in [-0.05, 0) is 37.0 Å². The minimum atomic E-state index is 0.360. The monoisotopic (exact) mass is 298 g/mol. The minimum absolute atomic E-state index is 0.360. The van der Waals surface area contributed by atoms with Gasteiger partial charge in [0.25, 0.3) is 0 Å². The van der Waals surface area contributed by atoms with Crippen LogP contribution in [0.1, 0.15) is 36.6 Å². The van der Waals surface area contributed by atoms with Crippen LogP contribution >= 0.6 is 11.3 Å². The minimum Gasteiger partial charge on any atom is -0.374 e. The summed E-state index contributed by atoms with van der Waals surface area (Å²) in [5.74, 6) is 0.360. The number of rotatable bonds is 2. The normalized spacial score (nSPS) is 11.5. The van der Waals surface area contributed by atoms with E-state index in [2.05, 4.69) is 56.1 Å². The van der Waals surface area contributed by atoms with Crippen LogP contribution in [0.4, 0.5) is 5.13 Å². The predicted octanol–water partition coefficient (Wildman–Crippen LogP) is 4.08. The van der Waals surface area contributed by atoms with Crippen LogP contribution in [0.2, 0.25) is 0 Å². The SMILES string of the molecule is Cc1ccc2c(-c3nnc(N)s3)cc(C(C)C)nc2c1C. The van der Waals surface area contributed by atoms with Gasteiger partial charge >= 0.3 is 0 Å². The zero-order valence-electron chi connectivity index (χ0n) is 12.6. The molecule has 0 aliphatic carbocycles. The van der Waals surface area contributed by atoms with Gasteiger partial charge in [0.05, 0.1) is 5.52 Å². The third-order valence-corrected chi connectivity index (χ3v) is 4.57. The lowest BCUT2D eigenvalue weighted by molar-refractivity contribution is 0.830. The van der Waals surface area contributed by atoms with Crippen molar-refractivity contribution in [3.05, 3.63) is 35.0 Å². The first-order valence-corrected chi connectivity index (χ1v) is 7.79. The number of hydrogen-bond donors (Lipinski definition) is 1. The molecule has 0 amide bonds. The maximum absolute atomic E-state index is 5.74. The molecule has 1 aromatic carbocycles. The fraction of sp³-hybridized carbons (Fsp3) is 0.312. The lowest BCUT2D eigenvalue weighted by Crippen LogP contribution is -1.98. The number of nitrogen functional groups attached to an aromatic ring is 1. The van der Waals surface area contributed by atoms with E-state index in [4.69, 9.17) is 10.7 Å². The molecule has 4 nitrogen and oxygen atoms in total. The van der Waals surface area contributed by atoms with Gasteiger partial charge in [-0.1, -0.05) is 37.3 Å². The van der Waals surface area contributed by atoms with Crippen LogP contribution in [-0.2, 0) is 0 Å². The van der Waals surface area contributed by atoms with Crippen molar-refractivity contribution in [2.75, 3.05) is 5.73 Å². The van der Waals surface area contributed by atoms with E-state index in [9.17, 15) is 0 Å². The third kappa shape index (κ3) is 2.38.